The summed E-state index contributed by atoms with van der Waals surface area (Å²) in [6.07, 6.45) is 1.26. The molecule has 1 rings (SSSR count). The molecule has 0 spiro atoms. The molecule has 1 atom stereocenters. The van der Waals surface area contributed by atoms with Gasteiger partial charge in [0.2, 0.25) is 0 Å². The Morgan fingerprint density at radius 2 is 1.94 bits per heavy atom. The van der Waals surface area contributed by atoms with E-state index in [1.54, 1.807) is 19.1 Å². The van der Waals surface area contributed by atoms with Crippen molar-refractivity contribution in [1.82, 2.24) is 0 Å². The normalized spacial score (nSPS) is 12.5. The second-order valence-corrected chi connectivity index (χ2v) is 4.24. The van der Waals surface area contributed by atoms with Crippen molar-refractivity contribution in [2.45, 2.75) is 25.9 Å². The molecule has 0 amide bonds. The first-order chi connectivity index (χ1) is 8.13. The third-order valence-electron chi connectivity index (χ3n) is 2.64. The van der Waals surface area contributed by atoms with Crippen LogP contribution in [0.1, 0.15) is 19.8 Å². The number of hydrogen-bond acceptors (Lipinski definition) is 3. The first-order valence-corrected chi connectivity index (χ1v) is 6.02. The van der Waals surface area contributed by atoms with Gasteiger partial charge < -0.3 is 15.7 Å². The molecule has 0 radical (unpaired) electrons. The van der Waals surface area contributed by atoms with E-state index in [1.165, 1.54) is 12.1 Å². The topological polar surface area (TPSA) is 49.5 Å². The molecule has 0 heterocycles. The number of aliphatic hydroxyl groups is 1. The highest BCUT2D eigenvalue weighted by atomic mass is 19.1. The molecule has 96 valence electrons. The lowest BCUT2D eigenvalue weighted by Gasteiger charge is -2.25. The summed E-state index contributed by atoms with van der Waals surface area (Å²) in [7, 11) is 0. The second kappa shape index (κ2) is 7.25. The van der Waals surface area contributed by atoms with E-state index in [9.17, 15) is 9.50 Å². The largest absolute Gasteiger partial charge is 0.393 e. The lowest BCUT2D eigenvalue weighted by molar-refractivity contribution is 0.186. The van der Waals surface area contributed by atoms with Crippen LogP contribution in [0.4, 0.5) is 10.1 Å². The van der Waals surface area contributed by atoms with Crippen LogP contribution in [-0.4, -0.2) is 30.8 Å². The Morgan fingerprint density at radius 1 is 1.29 bits per heavy atom. The minimum atomic E-state index is -0.323. The van der Waals surface area contributed by atoms with Crippen LogP contribution in [0.15, 0.2) is 24.3 Å². The average molecular weight is 240 g/mol. The number of rotatable bonds is 7. The van der Waals surface area contributed by atoms with Gasteiger partial charge in [-0.3, -0.25) is 0 Å². The number of hydrogen-bond donors (Lipinski definition) is 2. The molecule has 0 aliphatic carbocycles. The third kappa shape index (κ3) is 5.15. The predicted molar refractivity (Wildman–Crippen MR) is 68.6 cm³/mol. The van der Waals surface area contributed by atoms with Crippen molar-refractivity contribution in [3.63, 3.8) is 0 Å². The minimum Gasteiger partial charge on any atom is -0.393 e. The van der Waals surface area contributed by atoms with Gasteiger partial charge in [-0.25, -0.2) is 4.39 Å². The van der Waals surface area contributed by atoms with Crippen LogP contribution in [0.3, 0.4) is 0 Å². The van der Waals surface area contributed by atoms with Gasteiger partial charge in [-0.05, 0) is 50.6 Å². The summed E-state index contributed by atoms with van der Waals surface area (Å²) in [5.74, 6) is -0.233. The zero-order chi connectivity index (χ0) is 12.7. The lowest BCUT2D eigenvalue weighted by Crippen LogP contribution is -2.29. The molecule has 0 aromatic heterocycles. The zero-order valence-corrected chi connectivity index (χ0v) is 10.3. The van der Waals surface area contributed by atoms with E-state index in [0.717, 1.165) is 25.2 Å². The Labute approximate surface area is 102 Å². The number of nitrogens with zero attached hydrogens (tertiary/aromatic N) is 1. The maximum absolute atomic E-state index is 12.8. The van der Waals surface area contributed by atoms with Gasteiger partial charge in [0.25, 0.3) is 0 Å². The van der Waals surface area contributed by atoms with Crippen molar-refractivity contribution in [2.75, 3.05) is 24.5 Å². The van der Waals surface area contributed by atoms with Gasteiger partial charge in [0.1, 0.15) is 5.82 Å². The quantitative estimate of drug-likeness (QED) is 0.763. The summed E-state index contributed by atoms with van der Waals surface area (Å²) in [6, 6.07) is 6.42. The molecule has 0 saturated carbocycles. The van der Waals surface area contributed by atoms with Crippen LogP contribution in [0.25, 0.3) is 0 Å². The van der Waals surface area contributed by atoms with Crippen LogP contribution >= 0.6 is 0 Å². The van der Waals surface area contributed by atoms with E-state index in [2.05, 4.69) is 4.90 Å². The number of aliphatic hydroxyl groups excluding tert-OH is 1. The Balaban J connectivity index is 2.63. The SMILES string of the molecule is CC(O)CCN(CCCN)c1ccc(F)cc1. The van der Waals surface area contributed by atoms with Gasteiger partial charge in [0.15, 0.2) is 0 Å². The van der Waals surface area contributed by atoms with E-state index in [4.69, 9.17) is 5.73 Å². The Hall–Kier alpha value is -1.13. The summed E-state index contributed by atoms with van der Waals surface area (Å²) in [4.78, 5) is 2.12. The Kier molecular flexibility index (Phi) is 5.94. The molecule has 0 aliphatic heterocycles. The molecular formula is C13H21FN2O. The highest BCUT2D eigenvalue weighted by Crippen LogP contribution is 2.15. The summed E-state index contributed by atoms with van der Waals surface area (Å²) >= 11 is 0. The van der Waals surface area contributed by atoms with Gasteiger partial charge in [-0.2, -0.15) is 0 Å². The van der Waals surface area contributed by atoms with E-state index < -0.39 is 0 Å². The van der Waals surface area contributed by atoms with Crippen molar-refractivity contribution in [3.05, 3.63) is 30.1 Å². The number of benzene rings is 1. The van der Waals surface area contributed by atoms with Crippen molar-refractivity contribution < 1.29 is 9.50 Å². The van der Waals surface area contributed by atoms with Crippen LogP contribution in [0, 0.1) is 5.82 Å². The predicted octanol–water partition coefficient (Wildman–Crippen LogP) is 1.75. The maximum Gasteiger partial charge on any atom is 0.123 e. The molecule has 0 fully saturated rings. The fourth-order valence-corrected chi connectivity index (χ4v) is 1.65. The monoisotopic (exact) mass is 240 g/mol. The van der Waals surface area contributed by atoms with E-state index in [1.807, 2.05) is 0 Å². The van der Waals surface area contributed by atoms with Gasteiger partial charge in [-0.15, -0.1) is 0 Å². The number of nitrogens with two attached hydrogens (primary N) is 1. The maximum atomic E-state index is 12.8. The minimum absolute atomic E-state index is 0.233. The molecule has 1 unspecified atom stereocenters. The van der Waals surface area contributed by atoms with E-state index >= 15 is 0 Å². The van der Waals surface area contributed by atoms with Gasteiger partial charge in [0, 0.05) is 18.8 Å². The fourth-order valence-electron chi connectivity index (χ4n) is 1.65. The van der Waals surface area contributed by atoms with Gasteiger partial charge in [0.05, 0.1) is 6.10 Å². The van der Waals surface area contributed by atoms with Gasteiger partial charge >= 0.3 is 0 Å². The molecule has 0 bridgehead atoms. The number of halogens is 1. The van der Waals surface area contributed by atoms with Crippen molar-refractivity contribution in [1.29, 1.82) is 0 Å². The standard InChI is InChI=1S/C13H21FN2O/c1-11(17)7-10-16(9-2-8-15)13-5-3-12(14)4-6-13/h3-6,11,17H,2,7-10,15H2,1H3. The van der Waals surface area contributed by atoms with Crippen molar-refractivity contribution >= 4 is 5.69 Å². The molecule has 17 heavy (non-hydrogen) atoms. The molecule has 3 nitrogen and oxygen atoms in total. The van der Waals surface area contributed by atoms with Crippen molar-refractivity contribution in [2.24, 2.45) is 5.73 Å². The van der Waals surface area contributed by atoms with Crippen LogP contribution in [-0.2, 0) is 0 Å². The summed E-state index contributed by atoms with van der Waals surface area (Å²) in [6.45, 7) is 3.98. The molecule has 1 aromatic carbocycles. The zero-order valence-electron chi connectivity index (χ0n) is 10.3. The van der Waals surface area contributed by atoms with Crippen LogP contribution in [0.2, 0.25) is 0 Å². The summed E-state index contributed by atoms with van der Waals surface area (Å²) in [5, 5.41) is 9.31. The molecular weight excluding hydrogens is 219 g/mol. The molecule has 0 saturated heterocycles. The first kappa shape index (κ1) is 13.9. The second-order valence-electron chi connectivity index (χ2n) is 4.24. The Morgan fingerprint density at radius 3 is 2.47 bits per heavy atom. The first-order valence-electron chi connectivity index (χ1n) is 6.02. The van der Waals surface area contributed by atoms with Gasteiger partial charge in [-0.1, -0.05) is 0 Å². The van der Waals surface area contributed by atoms with Crippen molar-refractivity contribution in [3.8, 4) is 0 Å². The Bertz CT molecular complexity index is 314. The fraction of sp³-hybridized carbons (Fsp3) is 0.538. The molecule has 0 aliphatic rings. The van der Waals surface area contributed by atoms with E-state index in [-0.39, 0.29) is 11.9 Å². The molecule has 3 N–H and O–H groups in total. The molecule has 4 heteroatoms. The van der Waals surface area contributed by atoms with Crippen LogP contribution in [0.5, 0.6) is 0 Å². The van der Waals surface area contributed by atoms with Crippen LogP contribution < -0.4 is 10.6 Å². The highest BCUT2D eigenvalue weighted by Gasteiger charge is 2.07. The molecule has 1 aromatic rings. The van der Waals surface area contributed by atoms with E-state index in [0.29, 0.717) is 13.0 Å². The lowest BCUT2D eigenvalue weighted by atomic mass is 10.2. The summed E-state index contributed by atoms with van der Waals surface area (Å²) in [5.41, 5.74) is 6.47. The average Bonchev–Trinajstić information content (AvgIpc) is 2.30. The number of anilines is 1. The highest BCUT2D eigenvalue weighted by molar-refractivity contribution is 5.46. The third-order valence-corrected chi connectivity index (χ3v) is 2.64. The smallest absolute Gasteiger partial charge is 0.123 e. The summed E-state index contributed by atoms with van der Waals surface area (Å²) < 4.78 is 12.8.